The van der Waals surface area contributed by atoms with Crippen LogP contribution in [0.25, 0.3) is 0 Å². The molecule has 124 valence electrons. The summed E-state index contributed by atoms with van der Waals surface area (Å²) < 4.78 is 0. The second kappa shape index (κ2) is 9.09. The third-order valence-electron chi connectivity index (χ3n) is 5.35. The number of likely N-dealkylation sites (N-methyl/N-ethyl adjacent to an activating group) is 1. The lowest BCUT2D eigenvalue weighted by molar-refractivity contribution is 0.103. The molecular weight excluding hydrogens is 260 g/mol. The van der Waals surface area contributed by atoms with Crippen molar-refractivity contribution in [1.29, 1.82) is 0 Å². The van der Waals surface area contributed by atoms with Gasteiger partial charge in [0.1, 0.15) is 0 Å². The monoisotopic (exact) mass is 296 g/mol. The Balaban J connectivity index is 1.71. The summed E-state index contributed by atoms with van der Waals surface area (Å²) >= 11 is 0. The van der Waals surface area contributed by atoms with Crippen LogP contribution in [0.4, 0.5) is 0 Å². The molecular formula is C17H36N4. The molecule has 0 radical (unpaired) electrons. The normalized spacial score (nSPS) is 29.7. The Kier molecular flexibility index (Phi) is 7.44. The molecule has 1 aliphatic carbocycles. The predicted molar refractivity (Wildman–Crippen MR) is 90.9 cm³/mol. The molecule has 2 unspecified atom stereocenters. The van der Waals surface area contributed by atoms with E-state index < -0.39 is 0 Å². The molecule has 4 heteroatoms. The van der Waals surface area contributed by atoms with Gasteiger partial charge < -0.3 is 15.1 Å². The largest absolute Gasteiger partial charge is 0.317 e. The van der Waals surface area contributed by atoms with Crippen molar-refractivity contribution in [3.8, 4) is 0 Å². The summed E-state index contributed by atoms with van der Waals surface area (Å²) in [5.74, 6) is 0.867. The first kappa shape index (κ1) is 17.2. The SMILES string of the molecule is CNC1CCCCCC1CN1CCN(CCN(C)C)CC1. The zero-order valence-corrected chi connectivity index (χ0v) is 14.5. The standard InChI is InChI=1S/C17H36N4/c1-18-17-8-6-4-5-7-16(17)15-21-13-11-20(12-14-21)10-9-19(2)3/h16-18H,4-15H2,1-3H3. The van der Waals surface area contributed by atoms with Gasteiger partial charge in [0, 0.05) is 51.9 Å². The molecule has 0 aromatic rings. The zero-order valence-electron chi connectivity index (χ0n) is 14.5. The maximum atomic E-state index is 3.58. The quantitative estimate of drug-likeness (QED) is 0.747. The fourth-order valence-electron chi connectivity index (χ4n) is 3.85. The van der Waals surface area contributed by atoms with Crippen LogP contribution in [0.5, 0.6) is 0 Å². The predicted octanol–water partition coefficient (Wildman–Crippen LogP) is 1.33. The number of hydrogen-bond donors (Lipinski definition) is 1. The van der Waals surface area contributed by atoms with E-state index >= 15 is 0 Å². The number of nitrogens with zero attached hydrogens (tertiary/aromatic N) is 3. The van der Waals surface area contributed by atoms with Crippen molar-refractivity contribution in [1.82, 2.24) is 20.0 Å². The Bertz CT molecular complexity index is 274. The van der Waals surface area contributed by atoms with Crippen LogP contribution >= 0.6 is 0 Å². The Morgan fingerprint density at radius 3 is 2.29 bits per heavy atom. The minimum Gasteiger partial charge on any atom is -0.317 e. The molecule has 1 saturated heterocycles. The highest BCUT2D eigenvalue weighted by Gasteiger charge is 2.26. The number of rotatable bonds is 6. The molecule has 2 fully saturated rings. The minimum absolute atomic E-state index is 0.749. The maximum Gasteiger partial charge on any atom is 0.0110 e. The Morgan fingerprint density at radius 1 is 0.952 bits per heavy atom. The highest BCUT2D eigenvalue weighted by atomic mass is 15.3. The van der Waals surface area contributed by atoms with E-state index in [0.717, 1.165) is 12.0 Å². The fraction of sp³-hybridized carbons (Fsp3) is 1.00. The van der Waals surface area contributed by atoms with E-state index in [1.54, 1.807) is 0 Å². The highest BCUT2D eigenvalue weighted by Crippen LogP contribution is 2.24. The first-order chi connectivity index (χ1) is 10.2. The van der Waals surface area contributed by atoms with E-state index in [1.807, 2.05) is 0 Å². The molecule has 2 rings (SSSR count). The van der Waals surface area contributed by atoms with Gasteiger partial charge in [0.05, 0.1) is 0 Å². The molecule has 1 saturated carbocycles. The van der Waals surface area contributed by atoms with Crippen LogP contribution in [0.3, 0.4) is 0 Å². The van der Waals surface area contributed by atoms with Gasteiger partial charge in [-0.1, -0.05) is 19.3 Å². The van der Waals surface area contributed by atoms with Gasteiger partial charge in [0.2, 0.25) is 0 Å². The van der Waals surface area contributed by atoms with Gasteiger partial charge in [0.25, 0.3) is 0 Å². The Labute approximate surface area is 131 Å². The average Bonchev–Trinajstić information content (AvgIpc) is 2.71. The first-order valence-corrected chi connectivity index (χ1v) is 8.95. The van der Waals surface area contributed by atoms with Crippen molar-refractivity contribution in [2.75, 3.05) is 67.0 Å². The van der Waals surface area contributed by atoms with Crippen molar-refractivity contribution in [3.63, 3.8) is 0 Å². The molecule has 1 aliphatic heterocycles. The number of nitrogens with one attached hydrogen (secondary N) is 1. The van der Waals surface area contributed by atoms with Crippen LogP contribution in [0.1, 0.15) is 32.1 Å². The van der Waals surface area contributed by atoms with E-state index in [1.165, 1.54) is 77.9 Å². The van der Waals surface area contributed by atoms with Gasteiger partial charge in [-0.2, -0.15) is 0 Å². The van der Waals surface area contributed by atoms with Crippen LogP contribution in [0.2, 0.25) is 0 Å². The van der Waals surface area contributed by atoms with Gasteiger partial charge in [-0.25, -0.2) is 0 Å². The van der Waals surface area contributed by atoms with E-state index in [0.29, 0.717) is 0 Å². The third-order valence-corrected chi connectivity index (χ3v) is 5.35. The topological polar surface area (TPSA) is 21.8 Å². The molecule has 0 bridgehead atoms. The first-order valence-electron chi connectivity index (χ1n) is 8.95. The summed E-state index contributed by atoms with van der Waals surface area (Å²) in [7, 11) is 6.49. The lowest BCUT2D eigenvalue weighted by Gasteiger charge is -2.38. The molecule has 2 aliphatic rings. The highest BCUT2D eigenvalue weighted by molar-refractivity contribution is 4.83. The van der Waals surface area contributed by atoms with Crippen LogP contribution in [-0.2, 0) is 0 Å². The second-order valence-corrected chi connectivity index (χ2v) is 7.24. The van der Waals surface area contributed by atoms with Gasteiger partial charge in [-0.15, -0.1) is 0 Å². The lowest BCUT2D eigenvalue weighted by atomic mass is 9.94. The zero-order chi connectivity index (χ0) is 15.1. The molecule has 4 nitrogen and oxygen atoms in total. The number of piperazine rings is 1. The van der Waals surface area contributed by atoms with Gasteiger partial charge in [-0.05, 0) is 39.9 Å². The minimum atomic E-state index is 0.749. The molecule has 2 atom stereocenters. The van der Waals surface area contributed by atoms with Crippen molar-refractivity contribution in [2.45, 2.75) is 38.1 Å². The summed E-state index contributed by atoms with van der Waals surface area (Å²) in [5.41, 5.74) is 0. The van der Waals surface area contributed by atoms with Crippen LogP contribution in [0, 0.1) is 5.92 Å². The van der Waals surface area contributed by atoms with Crippen molar-refractivity contribution < 1.29 is 0 Å². The summed E-state index contributed by atoms with van der Waals surface area (Å²) in [6, 6.07) is 0.749. The van der Waals surface area contributed by atoms with E-state index in [-0.39, 0.29) is 0 Å². The van der Waals surface area contributed by atoms with Gasteiger partial charge >= 0.3 is 0 Å². The molecule has 0 spiro atoms. The summed E-state index contributed by atoms with van der Waals surface area (Å²) in [4.78, 5) is 7.63. The smallest absolute Gasteiger partial charge is 0.0110 e. The summed E-state index contributed by atoms with van der Waals surface area (Å²) in [6.07, 6.45) is 7.09. The van der Waals surface area contributed by atoms with Crippen molar-refractivity contribution in [2.24, 2.45) is 5.92 Å². The fourth-order valence-corrected chi connectivity index (χ4v) is 3.85. The second-order valence-electron chi connectivity index (χ2n) is 7.24. The van der Waals surface area contributed by atoms with Crippen LogP contribution in [0.15, 0.2) is 0 Å². The van der Waals surface area contributed by atoms with Crippen molar-refractivity contribution >= 4 is 0 Å². The van der Waals surface area contributed by atoms with Crippen LogP contribution in [-0.4, -0.2) is 87.7 Å². The maximum absolute atomic E-state index is 3.58. The Morgan fingerprint density at radius 2 is 1.62 bits per heavy atom. The molecule has 0 aromatic carbocycles. The molecule has 21 heavy (non-hydrogen) atoms. The number of hydrogen-bond acceptors (Lipinski definition) is 4. The molecule has 0 aromatic heterocycles. The van der Waals surface area contributed by atoms with E-state index in [9.17, 15) is 0 Å². The van der Waals surface area contributed by atoms with E-state index in [2.05, 4.69) is 41.2 Å². The van der Waals surface area contributed by atoms with Crippen LogP contribution < -0.4 is 5.32 Å². The summed E-state index contributed by atoms with van der Waals surface area (Å²) in [6.45, 7) is 8.76. The van der Waals surface area contributed by atoms with Gasteiger partial charge in [-0.3, -0.25) is 4.90 Å². The van der Waals surface area contributed by atoms with Crippen molar-refractivity contribution in [3.05, 3.63) is 0 Å². The third kappa shape index (κ3) is 5.85. The molecule has 0 amide bonds. The molecule has 1 heterocycles. The lowest BCUT2D eigenvalue weighted by Crippen LogP contribution is -2.50. The molecule has 1 N–H and O–H groups in total. The van der Waals surface area contributed by atoms with Gasteiger partial charge in [0.15, 0.2) is 0 Å². The Hall–Kier alpha value is -0.160. The average molecular weight is 297 g/mol. The van der Waals surface area contributed by atoms with E-state index in [4.69, 9.17) is 0 Å². The summed E-state index contributed by atoms with van der Waals surface area (Å²) in [5, 5.41) is 3.58.